The maximum absolute atomic E-state index is 14.6. The third-order valence-corrected chi connectivity index (χ3v) is 6.27. The lowest BCUT2D eigenvalue weighted by Crippen LogP contribution is -2.55. The van der Waals surface area contributed by atoms with Crippen LogP contribution in [0.1, 0.15) is 50.5 Å². The van der Waals surface area contributed by atoms with E-state index in [-0.39, 0.29) is 60.3 Å². The predicted octanol–water partition coefficient (Wildman–Crippen LogP) is 2.37. The molecular weight excluding hydrogens is 451 g/mol. The molecule has 1 aromatic carbocycles. The summed E-state index contributed by atoms with van der Waals surface area (Å²) in [5.74, 6) is -5.00. The highest BCUT2D eigenvalue weighted by Crippen LogP contribution is 2.43. The van der Waals surface area contributed by atoms with Gasteiger partial charge in [0.15, 0.2) is 5.69 Å². The Morgan fingerprint density at radius 1 is 1.29 bits per heavy atom. The largest absolute Gasteiger partial charge is 0.354 e. The Labute approximate surface area is 194 Å². The Bertz CT molecular complexity index is 1130. The van der Waals surface area contributed by atoms with Gasteiger partial charge < -0.3 is 16.0 Å². The maximum Gasteiger partial charge on any atom is 0.273 e. The summed E-state index contributed by atoms with van der Waals surface area (Å²) < 4.78 is 42.5. The highest BCUT2D eigenvalue weighted by Gasteiger charge is 2.45. The number of para-hydroxylation sites is 1. The van der Waals surface area contributed by atoms with Crippen LogP contribution in [0.4, 0.5) is 13.2 Å². The molecule has 8 nitrogen and oxygen atoms in total. The second kappa shape index (κ2) is 8.59. The molecule has 2 aliphatic rings. The van der Waals surface area contributed by atoms with E-state index in [1.54, 1.807) is 20.8 Å². The van der Waals surface area contributed by atoms with Gasteiger partial charge >= 0.3 is 0 Å². The van der Waals surface area contributed by atoms with E-state index in [1.807, 2.05) is 0 Å². The van der Waals surface area contributed by atoms with E-state index in [4.69, 9.17) is 0 Å². The molecule has 2 atom stereocenters. The van der Waals surface area contributed by atoms with E-state index >= 15 is 0 Å². The SMILES string of the molecule is CC(C)(C)[C@H](NC(=O)c1nn(CC2CC(F)(F)C2)c2c(F)cccc12)C(=O)N[C@@H]1CNC(=O)C1. The lowest BCUT2D eigenvalue weighted by Gasteiger charge is -2.34. The third kappa shape index (κ3) is 4.88. The summed E-state index contributed by atoms with van der Waals surface area (Å²) in [6.45, 7) is 5.71. The van der Waals surface area contributed by atoms with Crippen molar-refractivity contribution in [1.29, 1.82) is 0 Å². The van der Waals surface area contributed by atoms with Gasteiger partial charge in [0.05, 0.1) is 6.04 Å². The van der Waals surface area contributed by atoms with Crippen LogP contribution in [-0.4, -0.2) is 52.1 Å². The van der Waals surface area contributed by atoms with E-state index < -0.39 is 35.0 Å². The van der Waals surface area contributed by atoms with Crippen LogP contribution < -0.4 is 16.0 Å². The van der Waals surface area contributed by atoms with Crippen molar-refractivity contribution in [3.8, 4) is 0 Å². The summed E-state index contributed by atoms with van der Waals surface area (Å²) in [6.07, 6.45) is -0.463. The molecule has 2 fully saturated rings. The number of rotatable bonds is 6. The van der Waals surface area contributed by atoms with Gasteiger partial charge in [-0.1, -0.05) is 32.9 Å². The van der Waals surface area contributed by atoms with Gasteiger partial charge in [-0.2, -0.15) is 5.10 Å². The minimum atomic E-state index is -2.72. The fourth-order valence-electron chi connectivity index (χ4n) is 4.52. The number of nitrogens with zero attached hydrogens (tertiary/aromatic N) is 2. The molecule has 1 saturated heterocycles. The van der Waals surface area contributed by atoms with Crippen molar-refractivity contribution in [2.45, 2.75) is 64.6 Å². The van der Waals surface area contributed by atoms with Crippen LogP contribution in [-0.2, 0) is 16.1 Å². The van der Waals surface area contributed by atoms with Crippen molar-refractivity contribution in [2.75, 3.05) is 6.54 Å². The third-order valence-electron chi connectivity index (χ3n) is 6.27. The molecular formula is C23H28F3N5O3. The number of benzene rings is 1. The second-order valence-electron chi connectivity index (χ2n) is 10.3. The first-order valence-corrected chi connectivity index (χ1v) is 11.2. The predicted molar refractivity (Wildman–Crippen MR) is 118 cm³/mol. The van der Waals surface area contributed by atoms with E-state index in [1.165, 1.54) is 22.9 Å². The molecule has 0 spiro atoms. The van der Waals surface area contributed by atoms with Gasteiger partial charge in [-0.25, -0.2) is 13.2 Å². The second-order valence-corrected chi connectivity index (χ2v) is 10.3. The van der Waals surface area contributed by atoms with Crippen LogP contribution in [0.2, 0.25) is 0 Å². The van der Waals surface area contributed by atoms with Crippen molar-refractivity contribution < 1.29 is 27.6 Å². The summed E-state index contributed by atoms with van der Waals surface area (Å²) in [4.78, 5) is 37.6. The number of alkyl halides is 2. The van der Waals surface area contributed by atoms with E-state index in [9.17, 15) is 27.6 Å². The molecule has 1 saturated carbocycles. The standard InChI is InChI=1S/C23H28F3N5O3/c1-22(2,3)19(21(34)28-13-7-16(32)27-10-13)29-20(33)17-14-5-4-6-15(24)18(14)31(30-17)11-12-8-23(25,26)9-12/h4-6,12-13,19H,7-11H2,1-3H3,(H,27,32)(H,28,34)(H,29,33)/t13-,19+/m0/s1. The van der Waals surface area contributed by atoms with E-state index in [0.29, 0.717) is 6.54 Å². The zero-order chi connectivity index (χ0) is 24.8. The molecule has 11 heteroatoms. The average Bonchev–Trinajstić information content (AvgIpc) is 3.27. The molecule has 1 aliphatic carbocycles. The molecule has 2 aromatic rings. The fraction of sp³-hybridized carbons (Fsp3) is 0.565. The van der Waals surface area contributed by atoms with Gasteiger partial charge in [0.2, 0.25) is 17.7 Å². The topological polar surface area (TPSA) is 105 Å². The number of carbonyl (C=O) groups excluding carboxylic acids is 3. The molecule has 184 valence electrons. The maximum atomic E-state index is 14.6. The molecule has 0 unspecified atom stereocenters. The smallest absolute Gasteiger partial charge is 0.273 e. The summed E-state index contributed by atoms with van der Waals surface area (Å²) in [5.41, 5.74) is -0.702. The molecule has 4 rings (SSSR count). The highest BCUT2D eigenvalue weighted by atomic mass is 19.3. The van der Waals surface area contributed by atoms with Gasteiger partial charge in [0.25, 0.3) is 5.91 Å². The van der Waals surface area contributed by atoms with Gasteiger partial charge in [0.1, 0.15) is 17.4 Å². The molecule has 1 aromatic heterocycles. The minimum absolute atomic E-state index is 0.0617. The van der Waals surface area contributed by atoms with Gasteiger partial charge in [0, 0.05) is 37.7 Å². The minimum Gasteiger partial charge on any atom is -0.354 e. The molecule has 0 bridgehead atoms. The lowest BCUT2D eigenvalue weighted by atomic mass is 9.81. The van der Waals surface area contributed by atoms with Gasteiger partial charge in [-0.15, -0.1) is 0 Å². The van der Waals surface area contributed by atoms with Crippen LogP contribution in [0.5, 0.6) is 0 Å². The lowest BCUT2D eigenvalue weighted by molar-refractivity contribution is -0.126. The number of hydrogen-bond acceptors (Lipinski definition) is 4. The van der Waals surface area contributed by atoms with Crippen LogP contribution in [0.3, 0.4) is 0 Å². The highest BCUT2D eigenvalue weighted by molar-refractivity contribution is 6.06. The zero-order valence-corrected chi connectivity index (χ0v) is 19.3. The normalized spacial score (nSPS) is 21.1. The van der Waals surface area contributed by atoms with E-state index in [2.05, 4.69) is 21.0 Å². The number of carbonyl (C=O) groups is 3. The first-order chi connectivity index (χ1) is 15.8. The number of fused-ring (bicyclic) bond motifs is 1. The van der Waals surface area contributed by atoms with Crippen molar-refractivity contribution >= 4 is 28.6 Å². The molecule has 34 heavy (non-hydrogen) atoms. The summed E-state index contributed by atoms with van der Waals surface area (Å²) in [6, 6.07) is 2.86. The number of aromatic nitrogens is 2. The number of nitrogens with one attached hydrogen (secondary N) is 3. The Balaban J connectivity index is 1.57. The molecule has 1 aliphatic heterocycles. The van der Waals surface area contributed by atoms with Crippen LogP contribution in [0, 0.1) is 17.2 Å². The van der Waals surface area contributed by atoms with Crippen molar-refractivity contribution in [1.82, 2.24) is 25.7 Å². The Kier molecular flexibility index (Phi) is 6.07. The van der Waals surface area contributed by atoms with Gasteiger partial charge in [-0.05, 0) is 17.4 Å². The average molecular weight is 480 g/mol. The molecule has 0 radical (unpaired) electrons. The number of hydrogen-bond donors (Lipinski definition) is 3. The zero-order valence-electron chi connectivity index (χ0n) is 19.3. The molecule has 2 heterocycles. The first kappa shape index (κ1) is 24.0. The van der Waals surface area contributed by atoms with Gasteiger partial charge in [-0.3, -0.25) is 19.1 Å². The van der Waals surface area contributed by atoms with Crippen LogP contribution in [0.15, 0.2) is 18.2 Å². The van der Waals surface area contributed by atoms with Crippen molar-refractivity contribution in [3.05, 3.63) is 29.7 Å². The first-order valence-electron chi connectivity index (χ1n) is 11.2. The van der Waals surface area contributed by atoms with Crippen LogP contribution >= 0.6 is 0 Å². The Morgan fingerprint density at radius 3 is 2.59 bits per heavy atom. The van der Waals surface area contributed by atoms with Crippen LogP contribution in [0.25, 0.3) is 10.9 Å². The number of halogens is 3. The monoisotopic (exact) mass is 479 g/mol. The summed E-state index contributed by atoms with van der Waals surface area (Å²) >= 11 is 0. The van der Waals surface area contributed by atoms with E-state index in [0.717, 1.165) is 0 Å². The van der Waals surface area contributed by atoms with Crippen molar-refractivity contribution in [3.63, 3.8) is 0 Å². The summed E-state index contributed by atoms with van der Waals surface area (Å²) in [5, 5.41) is 12.6. The summed E-state index contributed by atoms with van der Waals surface area (Å²) in [7, 11) is 0. The Hall–Kier alpha value is -3.11. The molecule has 3 N–H and O–H groups in total. The quantitative estimate of drug-likeness (QED) is 0.592. The number of amides is 3. The molecule has 3 amide bonds. The Morgan fingerprint density at radius 2 is 2.00 bits per heavy atom. The fourth-order valence-corrected chi connectivity index (χ4v) is 4.52. The van der Waals surface area contributed by atoms with Crippen molar-refractivity contribution in [2.24, 2.45) is 11.3 Å².